The molecule has 1 aromatic rings. The van der Waals surface area contributed by atoms with Crippen LogP contribution in [-0.2, 0) is 0 Å². The second-order valence-corrected chi connectivity index (χ2v) is 6.38. The normalized spacial score (nSPS) is 22.1. The number of hydrogen-bond donors (Lipinski definition) is 0. The molecule has 0 saturated carbocycles. The van der Waals surface area contributed by atoms with Crippen molar-refractivity contribution in [3.8, 4) is 6.07 Å². The highest BCUT2D eigenvalue weighted by Gasteiger charge is 2.39. The molecule has 1 aliphatic rings. The van der Waals surface area contributed by atoms with E-state index in [2.05, 4.69) is 57.7 Å². The maximum Gasteiger partial charge on any atom is 0.0690 e. The van der Waals surface area contributed by atoms with Crippen molar-refractivity contribution in [3.05, 3.63) is 28.8 Å². The van der Waals surface area contributed by atoms with Gasteiger partial charge < -0.3 is 4.90 Å². The number of aryl methyl sites for hydroxylation is 3. The summed E-state index contributed by atoms with van der Waals surface area (Å²) in [6.45, 7) is 12.0. The van der Waals surface area contributed by atoms with Crippen LogP contribution in [0.2, 0.25) is 0 Å². The van der Waals surface area contributed by atoms with E-state index in [1.165, 1.54) is 22.4 Å². The van der Waals surface area contributed by atoms with Gasteiger partial charge in [0.15, 0.2) is 0 Å². The minimum absolute atomic E-state index is 0.0855. The summed E-state index contributed by atoms with van der Waals surface area (Å²) in [7, 11) is 0. The van der Waals surface area contributed by atoms with Crippen molar-refractivity contribution < 1.29 is 0 Å². The molecule has 1 saturated heterocycles. The predicted molar refractivity (Wildman–Crippen MR) is 80.4 cm³/mol. The third kappa shape index (κ3) is 2.34. The quantitative estimate of drug-likeness (QED) is 0.755. The predicted octanol–water partition coefficient (Wildman–Crippen LogP) is 4.13. The first-order valence-corrected chi connectivity index (χ1v) is 7.13. The molecule has 1 heterocycles. The molecule has 0 bridgehead atoms. The molecule has 1 aromatic carbocycles. The van der Waals surface area contributed by atoms with Crippen LogP contribution in [0.3, 0.4) is 0 Å². The summed E-state index contributed by atoms with van der Waals surface area (Å²) >= 11 is 0. The number of nitriles is 1. The molecule has 0 aliphatic carbocycles. The molecular weight excluding hydrogens is 232 g/mol. The molecule has 1 aliphatic heterocycles. The van der Waals surface area contributed by atoms with Crippen molar-refractivity contribution in [1.82, 2.24) is 0 Å². The van der Waals surface area contributed by atoms with Crippen LogP contribution in [0.25, 0.3) is 0 Å². The zero-order chi connectivity index (χ0) is 14.2. The number of benzene rings is 1. The maximum atomic E-state index is 9.40. The highest BCUT2D eigenvalue weighted by molar-refractivity contribution is 5.62. The van der Waals surface area contributed by atoms with Gasteiger partial charge >= 0.3 is 0 Å². The molecule has 2 nitrogen and oxygen atoms in total. The van der Waals surface area contributed by atoms with E-state index in [1.807, 2.05) is 0 Å². The Morgan fingerprint density at radius 2 is 1.79 bits per heavy atom. The monoisotopic (exact) mass is 256 g/mol. The van der Waals surface area contributed by atoms with Gasteiger partial charge in [0.25, 0.3) is 0 Å². The summed E-state index contributed by atoms with van der Waals surface area (Å²) in [5.74, 6) is 0.112. The van der Waals surface area contributed by atoms with Crippen LogP contribution in [0.5, 0.6) is 0 Å². The van der Waals surface area contributed by atoms with Crippen molar-refractivity contribution in [2.24, 2.45) is 5.92 Å². The Bertz CT molecular complexity index is 500. The standard InChI is InChI=1S/C17H24N2/c1-12-9-13(2)16(14(3)10-12)19-8-6-7-15(11-18)17(19,4)5/h9-10,15H,6-8H2,1-5H3. The first-order chi connectivity index (χ1) is 8.87. The zero-order valence-electron chi connectivity index (χ0n) is 12.7. The fourth-order valence-electron chi connectivity index (χ4n) is 3.50. The molecule has 2 heteroatoms. The molecule has 1 unspecified atom stereocenters. The van der Waals surface area contributed by atoms with Gasteiger partial charge in [0.1, 0.15) is 0 Å². The van der Waals surface area contributed by atoms with E-state index in [-0.39, 0.29) is 11.5 Å². The Labute approximate surface area is 117 Å². The maximum absolute atomic E-state index is 9.40. The lowest BCUT2D eigenvalue weighted by Gasteiger charge is -2.48. The summed E-state index contributed by atoms with van der Waals surface area (Å²) in [4.78, 5) is 2.45. The average Bonchev–Trinajstić information content (AvgIpc) is 2.29. The molecule has 0 aromatic heterocycles. The Morgan fingerprint density at radius 3 is 2.32 bits per heavy atom. The van der Waals surface area contributed by atoms with Gasteiger partial charge in [0, 0.05) is 12.2 Å². The lowest BCUT2D eigenvalue weighted by molar-refractivity contribution is 0.292. The largest absolute Gasteiger partial charge is 0.365 e. The molecule has 102 valence electrons. The number of rotatable bonds is 1. The Balaban J connectivity index is 2.50. The smallest absolute Gasteiger partial charge is 0.0690 e. The van der Waals surface area contributed by atoms with E-state index in [4.69, 9.17) is 0 Å². The van der Waals surface area contributed by atoms with E-state index in [0.717, 1.165) is 19.4 Å². The van der Waals surface area contributed by atoms with Crippen LogP contribution in [0, 0.1) is 38.0 Å². The fraction of sp³-hybridized carbons (Fsp3) is 0.588. The van der Waals surface area contributed by atoms with Gasteiger partial charge in [-0.15, -0.1) is 0 Å². The van der Waals surface area contributed by atoms with Crippen LogP contribution in [-0.4, -0.2) is 12.1 Å². The molecule has 0 radical (unpaired) electrons. The molecule has 2 rings (SSSR count). The van der Waals surface area contributed by atoms with Gasteiger partial charge in [-0.3, -0.25) is 0 Å². The van der Waals surface area contributed by atoms with Crippen LogP contribution < -0.4 is 4.90 Å². The topological polar surface area (TPSA) is 27.0 Å². The second kappa shape index (κ2) is 4.89. The fourth-order valence-corrected chi connectivity index (χ4v) is 3.50. The summed E-state index contributed by atoms with van der Waals surface area (Å²) in [5.41, 5.74) is 5.20. The molecule has 1 atom stereocenters. The Morgan fingerprint density at radius 1 is 1.21 bits per heavy atom. The van der Waals surface area contributed by atoms with E-state index >= 15 is 0 Å². The van der Waals surface area contributed by atoms with E-state index in [0.29, 0.717) is 0 Å². The summed E-state index contributed by atoms with van der Waals surface area (Å²) < 4.78 is 0. The number of piperidine rings is 1. The number of hydrogen-bond acceptors (Lipinski definition) is 2. The highest BCUT2D eigenvalue weighted by atomic mass is 15.2. The lowest BCUT2D eigenvalue weighted by Crippen LogP contribution is -2.53. The molecule has 1 fully saturated rings. The molecular formula is C17H24N2. The van der Waals surface area contributed by atoms with Gasteiger partial charge in [0.05, 0.1) is 17.5 Å². The SMILES string of the molecule is Cc1cc(C)c(N2CCCC(C#N)C2(C)C)c(C)c1. The van der Waals surface area contributed by atoms with Crippen LogP contribution in [0.4, 0.5) is 5.69 Å². The van der Waals surface area contributed by atoms with Gasteiger partial charge in [-0.05, 0) is 58.6 Å². The Hall–Kier alpha value is -1.49. The number of nitrogens with zero attached hydrogens (tertiary/aromatic N) is 2. The van der Waals surface area contributed by atoms with Crippen LogP contribution in [0.1, 0.15) is 43.4 Å². The second-order valence-electron chi connectivity index (χ2n) is 6.38. The molecule has 0 spiro atoms. The Kier molecular flexibility index (Phi) is 3.58. The third-order valence-corrected chi connectivity index (χ3v) is 4.48. The van der Waals surface area contributed by atoms with Crippen molar-refractivity contribution in [2.75, 3.05) is 11.4 Å². The first kappa shape index (κ1) is 13.9. The van der Waals surface area contributed by atoms with Gasteiger partial charge in [-0.2, -0.15) is 5.26 Å². The van der Waals surface area contributed by atoms with Gasteiger partial charge in [0.2, 0.25) is 0 Å². The zero-order valence-corrected chi connectivity index (χ0v) is 12.7. The highest BCUT2D eigenvalue weighted by Crippen LogP contribution is 2.39. The minimum Gasteiger partial charge on any atom is -0.365 e. The summed E-state index contributed by atoms with van der Waals surface area (Å²) in [6, 6.07) is 6.99. The van der Waals surface area contributed by atoms with E-state index in [1.54, 1.807) is 0 Å². The summed E-state index contributed by atoms with van der Waals surface area (Å²) in [5, 5.41) is 9.40. The van der Waals surface area contributed by atoms with E-state index < -0.39 is 0 Å². The number of anilines is 1. The van der Waals surface area contributed by atoms with Gasteiger partial charge in [-0.1, -0.05) is 17.7 Å². The summed E-state index contributed by atoms with van der Waals surface area (Å²) in [6.07, 6.45) is 2.12. The molecule has 0 N–H and O–H groups in total. The molecule has 19 heavy (non-hydrogen) atoms. The van der Waals surface area contributed by atoms with Crippen LogP contribution >= 0.6 is 0 Å². The molecule has 0 amide bonds. The third-order valence-electron chi connectivity index (χ3n) is 4.48. The first-order valence-electron chi connectivity index (χ1n) is 7.13. The van der Waals surface area contributed by atoms with Crippen molar-refractivity contribution in [2.45, 2.75) is 53.0 Å². The minimum atomic E-state index is -0.0855. The van der Waals surface area contributed by atoms with Gasteiger partial charge in [-0.25, -0.2) is 0 Å². The lowest BCUT2D eigenvalue weighted by atomic mass is 9.79. The van der Waals surface area contributed by atoms with Crippen molar-refractivity contribution in [1.29, 1.82) is 5.26 Å². The average molecular weight is 256 g/mol. The van der Waals surface area contributed by atoms with Crippen molar-refractivity contribution in [3.63, 3.8) is 0 Å². The van der Waals surface area contributed by atoms with Crippen molar-refractivity contribution >= 4 is 5.69 Å². The van der Waals surface area contributed by atoms with Crippen LogP contribution in [0.15, 0.2) is 12.1 Å². The van der Waals surface area contributed by atoms with E-state index in [9.17, 15) is 5.26 Å².